The first-order valence-electron chi connectivity index (χ1n) is 4.99. The van der Waals surface area contributed by atoms with Crippen molar-refractivity contribution in [3.05, 3.63) is 0 Å². The van der Waals surface area contributed by atoms with E-state index in [1.54, 1.807) is 0 Å². The molecule has 0 aromatic carbocycles. The number of hydrogen-bond acceptors (Lipinski definition) is 3. The van der Waals surface area contributed by atoms with Gasteiger partial charge in [0.15, 0.2) is 0 Å². The molecule has 2 atom stereocenters. The maximum absolute atomic E-state index is 5.81. The van der Waals surface area contributed by atoms with Crippen molar-refractivity contribution >= 4 is 0 Å². The molecule has 0 aliphatic carbocycles. The second kappa shape index (κ2) is 4.40. The SMILES string of the molecule is C[C@@H](OC(C)(C)C)[C@@H]1CNCCO1. The summed E-state index contributed by atoms with van der Waals surface area (Å²) in [5.41, 5.74) is -0.0831. The summed E-state index contributed by atoms with van der Waals surface area (Å²) in [5, 5.41) is 3.30. The summed E-state index contributed by atoms with van der Waals surface area (Å²) in [4.78, 5) is 0. The maximum Gasteiger partial charge on any atom is 0.0958 e. The van der Waals surface area contributed by atoms with Crippen LogP contribution in [0.4, 0.5) is 0 Å². The zero-order chi connectivity index (χ0) is 9.90. The monoisotopic (exact) mass is 187 g/mol. The van der Waals surface area contributed by atoms with Crippen molar-refractivity contribution in [3.63, 3.8) is 0 Å². The van der Waals surface area contributed by atoms with Crippen LogP contribution in [0.25, 0.3) is 0 Å². The van der Waals surface area contributed by atoms with Gasteiger partial charge in [0.05, 0.1) is 24.4 Å². The predicted molar refractivity (Wildman–Crippen MR) is 52.9 cm³/mol. The van der Waals surface area contributed by atoms with Gasteiger partial charge in [-0.05, 0) is 27.7 Å². The molecule has 0 aromatic rings. The van der Waals surface area contributed by atoms with Gasteiger partial charge in [-0.2, -0.15) is 0 Å². The highest BCUT2D eigenvalue weighted by Crippen LogP contribution is 2.15. The zero-order valence-corrected chi connectivity index (χ0v) is 9.09. The van der Waals surface area contributed by atoms with Crippen molar-refractivity contribution in [2.75, 3.05) is 19.7 Å². The standard InChI is InChI=1S/C10H21NO2/c1-8(13-10(2,3)4)9-7-11-5-6-12-9/h8-9,11H,5-7H2,1-4H3/t8-,9+/m1/s1. The van der Waals surface area contributed by atoms with E-state index in [2.05, 4.69) is 33.0 Å². The molecule has 1 saturated heterocycles. The van der Waals surface area contributed by atoms with Gasteiger partial charge in [-0.25, -0.2) is 0 Å². The summed E-state index contributed by atoms with van der Waals surface area (Å²) >= 11 is 0. The maximum atomic E-state index is 5.81. The van der Waals surface area contributed by atoms with Crippen LogP contribution in [0.15, 0.2) is 0 Å². The van der Waals surface area contributed by atoms with Gasteiger partial charge in [0.1, 0.15) is 0 Å². The topological polar surface area (TPSA) is 30.5 Å². The summed E-state index contributed by atoms with van der Waals surface area (Å²) in [6, 6.07) is 0. The van der Waals surface area contributed by atoms with Gasteiger partial charge in [-0.15, -0.1) is 0 Å². The van der Waals surface area contributed by atoms with E-state index < -0.39 is 0 Å². The Kier molecular flexibility index (Phi) is 3.71. The fourth-order valence-electron chi connectivity index (χ4n) is 1.52. The van der Waals surface area contributed by atoms with Crippen molar-refractivity contribution in [2.45, 2.75) is 45.5 Å². The summed E-state index contributed by atoms with van der Waals surface area (Å²) in [5.74, 6) is 0. The average Bonchev–Trinajstić information content (AvgIpc) is 2.03. The summed E-state index contributed by atoms with van der Waals surface area (Å²) in [6.45, 7) is 10.9. The molecule has 0 unspecified atom stereocenters. The Morgan fingerprint density at radius 2 is 2.15 bits per heavy atom. The molecule has 0 bridgehead atoms. The lowest BCUT2D eigenvalue weighted by atomic mass is 10.1. The Hall–Kier alpha value is -0.120. The van der Waals surface area contributed by atoms with Crippen molar-refractivity contribution in [3.8, 4) is 0 Å². The highest BCUT2D eigenvalue weighted by Gasteiger charge is 2.25. The molecule has 1 heterocycles. The molecular formula is C10H21NO2. The van der Waals surface area contributed by atoms with Crippen LogP contribution in [0.5, 0.6) is 0 Å². The van der Waals surface area contributed by atoms with Gasteiger partial charge in [0.2, 0.25) is 0 Å². The van der Waals surface area contributed by atoms with E-state index in [-0.39, 0.29) is 17.8 Å². The predicted octanol–water partition coefficient (Wildman–Crippen LogP) is 1.18. The number of nitrogens with one attached hydrogen (secondary N) is 1. The third-order valence-corrected chi connectivity index (χ3v) is 2.02. The molecule has 78 valence electrons. The van der Waals surface area contributed by atoms with Gasteiger partial charge in [0.25, 0.3) is 0 Å². The van der Waals surface area contributed by atoms with E-state index in [0.29, 0.717) is 0 Å². The lowest BCUT2D eigenvalue weighted by molar-refractivity contribution is -0.127. The Bertz CT molecular complexity index is 147. The minimum atomic E-state index is -0.0831. The Morgan fingerprint density at radius 1 is 1.46 bits per heavy atom. The van der Waals surface area contributed by atoms with E-state index in [1.807, 2.05) is 0 Å². The van der Waals surface area contributed by atoms with Crippen LogP contribution in [-0.4, -0.2) is 37.5 Å². The highest BCUT2D eigenvalue weighted by atomic mass is 16.6. The van der Waals surface area contributed by atoms with Crippen molar-refractivity contribution in [1.29, 1.82) is 0 Å². The number of morpholine rings is 1. The van der Waals surface area contributed by atoms with E-state index in [1.165, 1.54) is 0 Å². The molecule has 0 aromatic heterocycles. The largest absolute Gasteiger partial charge is 0.373 e. The molecule has 0 saturated carbocycles. The van der Waals surface area contributed by atoms with Crippen molar-refractivity contribution in [2.24, 2.45) is 0 Å². The first-order chi connectivity index (χ1) is 5.99. The second-order valence-corrected chi connectivity index (χ2v) is 4.55. The van der Waals surface area contributed by atoms with Crippen molar-refractivity contribution in [1.82, 2.24) is 5.32 Å². The second-order valence-electron chi connectivity index (χ2n) is 4.55. The van der Waals surface area contributed by atoms with Gasteiger partial charge in [-0.1, -0.05) is 0 Å². The van der Waals surface area contributed by atoms with Crippen LogP contribution in [0.3, 0.4) is 0 Å². The average molecular weight is 187 g/mol. The third-order valence-electron chi connectivity index (χ3n) is 2.02. The van der Waals surface area contributed by atoms with E-state index >= 15 is 0 Å². The molecular weight excluding hydrogens is 166 g/mol. The van der Waals surface area contributed by atoms with Gasteiger partial charge in [0, 0.05) is 13.1 Å². The molecule has 3 heteroatoms. The van der Waals surface area contributed by atoms with Gasteiger partial charge in [-0.3, -0.25) is 0 Å². The van der Waals surface area contributed by atoms with E-state index in [4.69, 9.17) is 9.47 Å². The Balaban J connectivity index is 2.33. The molecule has 0 spiro atoms. The summed E-state index contributed by atoms with van der Waals surface area (Å²) in [7, 11) is 0. The minimum absolute atomic E-state index is 0.0831. The minimum Gasteiger partial charge on any atom is -0.373 e. The molecule has 0 amide bonds. The first kappa shape index (κ1) is 11.0. The van der Waals surface area contributed by atoms with Crippen LogP contribution in [-0.2, 0) is 9.47 Å². The molecule has 1 aliphatic heterocycles. The van der Waals surface area contributed by atoms with Crippen molar-refractivity contribution < 1.29 is 9.47 Å². The molecule has 1 fully saturated rings. The van der Waals surface area contributed by atoms with Gasteiger partial charge >= 0.3 is 0 Å². The molecule has 1 N–H and O–H groups in total. The number of ether oxygens (including phenoxy) is 2. The Morgan fingerprint density at radius 3 is 2.62 bits per heavy atom. The molecule has 3 nitrogen and oxygen atoms in total. The van der Waals surface area contributed by atoms with Crippen LogP contribution in [0, 0.1) is 0 Å². The number of hydrogen-bond donors (Lipinski definition) is 1. The third kappa shape index (κ3) is 4.07. The summed E-state index contributed by atoms with van der Waals surface area (Å²) < 4.78 is 11.4. The lowest BCUT2D eigenvalue weighted by Crippen LogP contribution is -2.46. The molecule has 1 aliphatic rings. The smallest absolute Gasteiger partial charge is 0.0958 e. The lowest BCUT2D eigenvalue weighted by Gasteiger charge is -2.33. The summed E-state index contributed by atoms with van der Waals surface area (Å²) in [6.07, 6.45) is 0.362. The normalized spacial score (nSPS) is 27.2. The molecule has 0 radical (unpaired) electrons. The fraction of sp³-hybridized carbons (Fsp3) is 1.00. The van der Waals surface area contributed by atoms with E-state index in [0.717, 1.165) is 19.7 Å². The van der Waals surface area contributed by atoms with Crippen LogP contribution < -0.4 is 5.32 Å². The fourth-order valence-corrected chi connectivity index (χ4v) is 1.52. The van der Waals surface area contributed by atoms with Gasteiger partial charge < -0.3 is 14.8 Å². The molecule has 1 rings (SSSR count). The zero-order valence-electron chi connectivity index (χ0n) is 9.09. The number of rotatable bonds is 2. The first-order valence-corrected chi connectivity index (χ1v) is 4.99. The van der Waals surface area contributed by atoms with Crippen LogP contribution in [0.1, 0.15) is 27.7 Å². The highest BCUT2D eigenvalue weighted by molar-refractivity contribution is 4.75. The van der Waals surface area contributed by atoms with E-state index in [9.17, 15) is 0 Å². The Labute approximate surface area is 80.8 Å². The molecule has 13 heavy (non-hydrogen) atoms. The van der Waals surface area contributed by atoms with Crippen LogP contribution >= 0.6 is 0 Å². The van der Waals surface area contributed by atoms with Crippen LogP contribution in [0.2, 0.25) is 0 Å². The quantitative estimate of drug-likeness (QED) is 0.704.